The highest BCUT2D eigenvalue weighted by Crippen LogP contribution is 2.19. The van der Waals surface area contributed by atoms with Crippen molar-refractivity contribution in [3.63, 3.8) is 0 Å². The molecule has 1 aliphatic rings. The van der Waals surface area contributed by atoms with E-state index < -0.39 is 5.97 Å². The van der Waals surface area contributed by atoms with Gasteiger partial charge in [-0.2, -0.15) is 0 Å². The Morgan fingerprint density at radius 1 is 1.17 bits per heavy atom. The van der Waals surface area contributed by atoms with E-state index in [4.69, 9.17) is 5.11 Å². The Morgan fingerprint density at radius 3 is 2.45 bits per heavy atom. The maximum Gasteiger partial charge on any atom is 0.358 e. The minimum Gasteiger partial charge on any atom is -0.476 e. The summed E-state index contributed by atoms with van der Waals surface area (Å²) in [5.74, 6) is -1.28. The van der Waals surface area contributed by atoms with E-state index in [2.05, 4.69) is 10.3 Å². The summed E-state index contributed by atoms with van der Waals surface area (Å²) < 4.78 is 1.25. The highest BCUT2D eigenvalue weighted by atomic mass is 16.4. The predicted molar refractivity (Wildman–Crippen MR) is 104 cm³/mol. The smallest absolute Gasteiger partial charge is 0.358 e. The second-order valence-corrected chi connectivity index (χ2v) is 7.08. The number of rotatable bonds is 7. The van der Waals surface area contributed by atoms with E-state index in [0.29, 0.717) is 38.0 Å². The Morgan fingerprint density at radius 2 is 1.86 bits per heavy atom. The topological polar surface area (TPSA) is 109 Å². The van der Waals surface area contributed by atoms with Crippen LogP contribution in [0.4, 0.5) is 0 Å². The Hall–Kier alpha value is -3.23. The molecule has 9 heteroatoms. The summed E-state index contributed by atoms with van der Waals surface area (Å²) in [6.07, 6.45) is 3.49. The quantitative estimate of drug-likeness (QED) is 0.756. The zero-order valence-corrected chi connectivity index (χ0v) is 16.4. The van der Waals surface area contributed by atoms with Crippen LogP contribution in [0.2, 0.25) is 0 Å². The number of benzene rings is 1. The number of nitrogens with zero attached hydrogens (tertiary/aromatic N) is 5. The zero-order chi connectivity index (χ0) is 20.8. The fraction of sp³-hybridized carbons (Fsp3) is 0.450. The van der Waals surface area contributed by atoms with Crippen LogP contribution in [0.1, 0.15) is 47.0 Å². The fourth-order valence-corrected chi connectivity index (χ4v) is 3.60. The molecule has 0 saturated carbocycles. The lowest BCUT2D eigenvalue weighted by Crippen LogP contribution is -2.49. The molecular weight excluding hydrogens is 374 g/mol. The van der Waals surface area contributed by atoms with Crippen LogP contribution >= 0.6 is 0 Å². The zero-order valence-electron chi connectivity index (χ0n) is 16.4. The molecular formula is C20H25N5O4. The molecule has 9 nitrogen and oxygen atoms in total. The molecule has 1 aromatic heterocycles. The number of carboxylic acid groups (broad SMARTS) is 1. The molecule has 3 rings (SSSR count). The number of carbonyl (C=O) groups excluding carboxylic acids is 2. The Labute approximate surface area is 168 Å². The molecule has 1 aromatic carbocycles. The molecule has 2 amide bonds. The van der Waals surface area contributed by atoms with E-state index in [1.54, 1.807) is 0 Å². The molecule has 1 N–H and O–H groups in total. The normalized spacial score (nSPS) is 14.6. The summed E-state index contributed by atoms with van der Waals surface area (Å²) in [5, 5.41) is 16.2. The first-order chi connectivity index (χ1) is 14.0. The average Bonchev–Trinajstić information content (AvgIpc) is 3.21. The first-order valence-electron chi connectivity index (χ1n) is 9.76. The average molecular weight is 399 g/mol. The minimum atomic E-state index is -1.18. The number of carbonyl (C=O) groups is 3. The Balaban J connectivity index is 1.60. The SMILES string of the molecule is CCCN(C(=O)Cn1cc(C(=O)O)nn1)C1CCN(C(=O)c2ccccc2)CC1. The van der Waals surface area contributed by atoms with E-state index in [-0.39, 0.29) is 30.1 Å². The number of piperidine rings is 1. The Kier molecular flexibility index (Phi) is 6.58. The highest BCUT2D eigenvalue weighted by molar-refractivity contribution is 5.94. The first kappa shape index (κ1) is 20.5. The monoisotopic (exact) mass is 399 g/mol. The van der Waals surface area contributed by atoms with E-state index in [1.165, 1.54) is 10.9 Å². The second-order valence-electron chi connectivity index (χ2n) is 7.08. The predicted octanol–water partition coefficient (Wildman–Crippen LogP) is 1.52. The maximum absolute atomic E-state index is 12.8. The molecule has 2 aromatic rings. The van der Waals surface area contributed by atoms with Gasteiger partial charge < -0.3 is 14.9 Å². The number of hydrogen-bond donors (Lipinski definition) is 1. The molecule has 0 spiro atoms. The second kappa shape index (κ2) is 9.31. The van der Waals surface area contributed by atoms with Crippen molar-refractivity contribution in [1.29, 1.82) is 0 Å². The Bertz CT molecular complexity index is 859. The van der Waals surface area contributed by atoms with Crippen molar-refractivity contribution in [3.05, 3.63) is 47.8 Å². The summed E-state index contributed by atoms with van der Waals surface area (Å²) in [6, 6.07) is 9.25. The third kappa shape index (κ3) is 4.98. The van der Waals surface area contributed by atoms with Crippen LogP contribution in [0.25, 0.3) is 0 Å². The largest absolute Gasteiger partial charge is 0.476 e. The van der Waals surface area contributed by atoms with Gasteiger partial charge in [0, 0.05) is 31.2 Å². The third-order valence-electron chi connectivity index (χ3n) is 5.05. The number of likely N-dealkylation sites (tertiary alicyclic amines) is 1. The van der Waals surface area contributed by atoms with Crippen molar-refractivity contribution in [1.82, 2.24) is 24.8 Å². The maximum atomic E-state index is 12.8. The molecule has 1 fully saturated rings. The van der Waals surface area contributed by atoms with Gasteiger partial charge in [-0.05, 0) is 31.4 Å². The van der Waals surface area contributed by atoms with Gasteiger partial charge in [-0.15, -0.1) is 5.10 Å². The van der Waals surface area contributed by atoms with Gasteiger partial charge in [0.05, 0.1) is 6.20 Å². The van der Waals surface area contributed by atoms with Crippen LogP contribution in [0.15, 0.2) is 36.5 Å². The van der Waals surface area contributed by atoms with E-state index in [9.17, 15) is 14.4 Å². The third-order valence-corrected chi connectivity index (χ3v) is 5.05. The molecule has 0 aliphatic carbocycles. The van der Waals surface area contributed by atoms with Crippen molar-refractivity contribution >= 4 is 17.8 Å². The first-order valence-corrected chi connectivity index (χ1v) is 9.76. The summed E-state index contributed by atoms with van der Waals surface area (Å²) in [5.41, 5.74) is 0.487. The van der Waals surface area contributed by atoms with Gasteiger partial charge in [-0.1, -0.05) is 30.3 Å². The summed E-state index contributed by atoms with van der Waals surface area (Å²) in [4.78, 5) is 40.0. The van der Waals surface area contributed by atoms with Crippen molar-refractivity contribution in [2.45, 2.75) is 38.8 Å². The van der Waals surface area contributed by atoms with Crippen molar-refractivity contribution in [2.24, 2.45) is 0 Å². The van der Waals surface area contributed by atoms with Crippen LogP contribution in [-0.4, -0.2) is 73.4 Å². The molecule has 0 unspecified atom stereocenters. The van der Waals surface area contributed by atoms with Gasteiger partial charge in [0.2, 0.25) is 5.91 Å². The van der Waals surface area contributed by atoms with Crippen LogP contribution < -0.4 is 0 Å². The van der Waals surface area contributed by atoms with Gasteiger partial charge in [-0.25, -0.2) is 9.48 Å². The summed E-state index contributed by atoms with van der Waals surface area (Å²) in [7, 11) is 0. The lowest BCUT2D eigenvalue weighted by atomic mass is 10.0. The van der Waals surface area contributed by atoms with E-state index in [1.807, 2.05) is 47.1 Å². The minimum absolute atomic E-state index is 0.0150. The number of hydrogen-bond acceptors (Lipinski definition) is 5. The van der Waals surface area contributed by atoms with Crippen LogP contribution in [0.3, 0.4) is 0 Å². The molecule has 0 bridgehead atoms. The van der Waals surface area contributed by atoms with E-state index >= 15 is 0 Å². The molecule has 1 saturated heterocycles. The number of aromatic carboxylic acids is 1. The highest BCUT2D eigenvalue weighted by Gasteiger charge is 2.29. The molecule has 1 aliphatic heterocycles. The molecule has 0 radical (unpaired) electrons. The van der Waals surface area contributed by atoms with Gasteiger partial charge in [-0.3, -0.25) is 9.59 Å². The van der Waals surface area contributed by atoms with Gasteiger partial charge >= 0.3 is 5.97 Å². The molecule has 29 heavy (non-hydrogen) atoms. The molecule has 2 heterocycles. The van der Waals surface area contributed by atoms with Crippen molar-refractivity contribution < 1.29 is 19.5 Å². The van der Waals surface area contributed by atoms with Crippen LogP contribution in [0, 0.1) is 0 Å². The lowest BCUT2D eigenvalue weighted by Gasteiger charge is -2.38. The number of amides is 2. The van der Waals surface area contributed by atoms with Gasteiger partial charge in [0.15, 0.2) is 5.69 Å². The standard InChI is InChI=1S/C20H25N5O4/c1-2-10-25(18(26)14-24-13-17(20(28)29)21-22-24)16-8-11-23(12-9-16)19(27)15-6-4-3-5-7-15/h3-7,13,16H,2,8-12,14H2,1H3,(H,28,29). The summed E-state index contributed by atoms with van der Waals surface area (Å²) >= 11 is 0. The van der Waals surface area contributed by atoms with E-state index in [0.717, 1.165) is 6.42 Å². The molecule has 154 valence electrons. The summed E-state index contributed by atoms with van der Waals surface area (Å²) in [6.45, 7) is 3.75. The lowest BCUT2D eigenvalue weighted by molar-refractivity contribution is -0.135. The van der Waals surface area contributed by atoms with Crippen LogP contribution in [0.5, 0.6) is 0 Å². The van der Waals surface area contributed by atoms with Crippen molar-refractivity contribution in [2.75, 3.05) is 19.6 Å². The fourth-order valence-electron chi connectivity index (χ4n) is 3.60. The van der Waals surface area contributed by atoms with Gasteiger partial charge in [0.25, 0.3) is 5.91 Å². The van der Waals surface area contributed by atoms with Gasteiger partial charge in [0.1, 0.15) is 6.54 Å². The molecule has 0 atom stereocenters. The van der Waals surface area contributed by atoms with Crippen molar-refractivity contribution in [3.8, 4) is 0 Å². The number of carboxylic acids is 1. The number of aromatic nitrogens is 3. The van der Waals surface area contributed by atoms with Crippen LogP contribution in [-0.2, 0) is 11.3 Å².